The number of fused-ring (bicyclic) bond motifs is 5. The van der Waals surface area contributed by atoms with E-state index < -0.39 is 5.97 Å². The molecule has 4 atom stereocenters. The molecule has 0 N–H and O–H groups in total. The third kappa shape index (κ3) is 1.87. The number of rotatable bonds is 3. The highest BCUT2D eigenvalue weighted by Gasteiger charge is 2.60. The van der Waals surface area contributed by atoms with Crippen molar-refractivity contribution in [2.24, 2.45) is 23.7 Å². The number of carbonyl (C=O) groups excluding carboxylic acids is 3. The van der Waals surface area contributed by atoms with Gasteiger partial charge in [0.25, 0.3) is 0 Å². The van der Waals surface area contributed by atoms with Gasteiger partial charge in [-0.25, -0.2) is 9.69 Å². The molecular weight excluding hydrogens is 314 g/mol. The molecule has 120 valence electrons. The Morgan fingerprint density at radius 2 is 1.87 bits per heavy atom. The predicted molar refractivity (Wildman–Crippen MR) is 85.2 cm³/mol. The molecule has 2 heterocycles. The second-order valence-electron chi connectivity index (χ2n) is 6.29. The Bertz CT molecular complexity index is 720. The molecule has 1 aromatic heterocycles. The van der Waals surface area contributed by atoms with Crippen molar-refractivity contribution < 1.29 is 19.1 Å². The van der Waals surface area contributed by atoms with Crippen molar-refractivity contribution >= 4 is 34.1 Å². The van der Waals surface area contributed by atoms with Gasteiger partial charge in [-0.15, -0.1) is 11.3 Å². The molecule has 0 aromatic carbocycles. The second kappa shape index (κ2) is 5.03. The molecular formula is C17H17NO4S. The number of methoxy groups -OCH3 is 1. The Morgan fingerprint density at radius 3 is 2.39 bits per heavy atom. The minimum absolute atomic E-state index is 0.161. The van der Waals surface area contributed by atoms with E-state index in [4.69, 9.17) is 4.74 Å². The van der Waals surface area contributed by atoms with Crippen LogP contribution in [0.15, 0.2) is 18.2 Å². The third-order valence-electron chi connectivity index (χ3n) is 5.19. The number of amides is 2. The fourth-order valence-electron chi connectivity index (χ4n) is 4.13. The predicted octanol–water partition coefficient (Wildman–Crippen LogP) is 2.41. The van der Waals surface area contributed by atoms with Crippen LogP contribution in [0.3, 0.4) is 0 Å². The maximum Gasteiger partial charge on any atom is 0.340 e. The van der Waals surface area contributed by atoms with Crippen LogP contribution < -0.4 is 4.90 Å². The number of esters is 1. The molecule has 1 aromatic rings. The average molecular weight is 331 g/mol. The number of imide groups is 1. The van der Waals surface area contributed by atoms with E-state index in [9.17, 15) is 14.4 Å². The number of aryl methyl sites for hydroxylation is 1. The minimum atomic E-state index is -0.505. The summed E-state index contributed by atoms with van der Waals surface area (Å²) >= 11 is 1.33. The van der Waals surface area contributed by atoms with Crippen LogP contribution in [0.5, 0.6) is 0 Å². The summed E-state index contributed by atoms with van der Waals surface area (Å²) in [5.41, 5.74) is 0.316. The number of allylic oxidation sites excluding steroid dienone is 2. The molecule has 6 heteroatoms. The van der Waals surface area contributed by atoms with Crippen molar-refractivity contribution in [2.45, 2.75) is 19.8 Å². The van der Waals surface area contributed by atoms with Crippen LogP contribution in [0.4, 0.5) is 5.00 Å². The summed E-state index contributed by atoms with van der Waals surface area (Å²) < 4.78 is 4.82. The monoisotopic (exact) mass is 331 g/mol. The molecule has 2 amide bonds. The largest absolute Gasteiger partial charge is 0.465 e. The quantitative estimate of drug-likeness (QED) is 0.485. The lowest BCUT2D eigenvalue weighted by Crippen LogP contribution is -2.33. The molecule has 4 rings (SSSR count). The molecule has 1 saturated carbocycles. The Balaban J connectivity index is 1.77. The van der Waals surface area contributed by atoms with E-state index in [1.54, 1.807) is 6.07 Å². The fourth-order valence-corrected chi connectivity index (χ4v) is 5.22. The Hall–Kier alpha value is -1.95. The molecule has 5 nitrogen and oxygen atoms in total. The number of thiophene rings is 1. The number of hydrogen-bond donors (Lipinski definition) is 0. The zero-order chi connectivity index (χ0) is 16.3. The van der Waals surface area contributed by atoms with E-state index in [0.717, 1.165) is 17.7 Å². The minimum Gasteiger partial charge on any atom is -0.465 e. The summed E-state index contributed by atoms with van der Waals surface area (Å²) in [7, 11) is 1.31. The lowest BCUT2D eigenvalue weighted by Gasteiger charge is -2.16. The van der Waals surface area contributed by atoms with Gasteiger partial charge in [0.05, 0.1) is 24.5 Å². The van der Waals surface area contributed by atoms with Crippen LogP contribution in [0.2, 0.25) is 0 Å². The van der Waals surface area contributed by atoms with E-state index in [-0.39, 0.29) is 35.5 Å². The van der Waals surface area contributed by atoms with Crippen molar-refractivity contribution in [3.63, 3.8) is 0 Å². The van der Waals surface area contributed by atoms with Gasteiger partial charge in [-0.1, -0.05) is 19.1 Å². The van der Waals surface area contributed by atoms with Crippen LogP contribution >= 0.6 is 11.3 Å². The normalized spacial score (nSPS) is 31.1. The summed E-state index contributed by atoms with van der Waals surface area (Å²) in [5, 5.41) is 0.428. The summed E-state index contributed by atoms with van der Waals surface area (Å²) in [6.07, 6.45) is 5.76. The van der Waals surface area contributed by atoms with Gasteiger partial charge in [-0.3, -0.25) is 9.59 Å². The standard InChI is InChI=1S/C17H17NO4S/c1-3-10-7-11(17(21)22-2)16(23-10)18-14(19)12-8-4-5-9(6-8)13(12)15(18)20/h4-5,7-9,12-13H,3,6H2,1-2H3/t8-,9-,12+,13+/m0/s1. The Labute approximate surface area is 137 Å². The smallest absolute Gasteiger partial charge is 0.340 e. The van der Waals surface area contributed by atoms with Crippen LogP contribution in [0.25, 0.3) is 0 Å². The summed E-state index contributed by atoms with van der Waals surface area (Å²) in [4.78, 5) is 40.0. The van der Waals surface area contributed by atoms with Gasteiger partial charge in [-0.2, -0.15) is 0 Å². The first-order chi connectivity index (χ1) is 11.1. The molecule has 1 saturated heterocycles. The van der Waals surface area contributed by atoms with Crippen LogP contribution in [0, 0.1) is 23.7 Å². The van der Waals surface area contributed by atoms with Crippen molar-refractivity contribution in [3.05, 3.63) is 28.7 Å². The molecule has 23 heavy (non-hydrogen) atoms. The van der Waals surface area contributed by atoms with Crippen LogP contribution in [-0.4, -0.2) is 24.9 Å². The Morgan fingerprint density at radius 1 is 1.26 bits per heavy atom. The number of ether oxygens (including phenoxy) is 1. The maximum absolute atomic E-state index is 12.9. The van der Waals surface area contributed by atoms with Gasteiger partial charge in [0.2, 0.25) is 11.8 Å². The van der Waals surface area contributed by atoms with E-state index in [1.807, 2.05) is 6.92 Å². The zero-order valence-electron chi connectivity index (χ0n) is 12.9. The van der Waals surface area contributed by atoms with E-state index in [0.29, 0.717) is 10.6 Å². The highest BCUT2D eigenvalue weighted by Crippen LogP contribution is 2.54. The first-order valence-corrected chi connectivity index (χ1v) is 8.65. The van der Waals surface area contributed by atoms with Gasteiger partial charge in [-0.05, 0) is 30.7 Å². The third-order valence-corrected chi connectivity index (χ3v) is 6.46. The van der Waals surface area contributed by atoms with E-state index in [1.165, 1.54) is 23.3 Å². The lowest BCUT2D eigenvalue weighted by molar-refractivity contribution is -0.123. The molecule has 2 bridgehead atoms. The summed E-state index contributed by atoms with van der Waals surface area (Å²) in [6.45, 7) is 1.98. The topological polar surface area (TPSA) is 63.7 Å². The first kappa shape index (κ1) is 14.6. The number of anilines is 1. The molecule has 0 spiro atoms. The van der Waals surface area contributed by atoms with E-state index >= 15 is 0 Å². The summed E-state index contributed by atoms with van der Waals surface area (Å²) in [5.74, 6) is -1.00. The number of carbonyl (C=O) groups is 3. The van der Waals surface area contributed by atoms with Gasteiger partial charge >= 0.3 is 5.97 Å². The zero-order valence-corrected chi connectivity index (χ0v) is 13.8. The fraction of sp³-hybridized carbons (Fsp3) is 0.471. The highest BCUT2D eigenvalue weighted by molar-refractivity contribution is 7.17. The van der Waals surface area contributed by atoms with Gasteiger partial charge in [0.15, 0.2) is 0 Å². The SMILES string of the molecule is CCc1cc(C(=O)OC)c(N2C(=O)[C@H]3[C@H](C2=O)[C@H]2C=C[C@H]3C2)s1. The van der Waals surface area contributed by atoms with Crippen LogP contribution in [-0.2, 0) is 20.7 Å². The molecule has 1 aliphatic heterocycles. The van der Waals surface area contributed by atoms with Crippen molar-refractivity contribution in [1.29, 1.82) is 0 Å². The second-order valence-corrected chi connectivity index (χ2v) is 7.40. The molecule has 2 aliphatic carbocycles. The first-order valence-electron chi connectivity index (χ1n) is 7.84. The number of hydrogen-bond acceptors (Lipinski definition) is 5. The maximum atomic E-state index is 12.9. The molecule has 0 unspecified atom stereocenters. The molecule has 0 radical (unpaired) electrons. The van der Waals surface area contributed by atoms with E-state index in [2.05, 4.69) is 12.2 Å². The molecule has 3 aliphatic rings. The number of nitrogens with zero attached hydrogens (tertiary/aromatic N) is 1. The average Bonchev–Trinajstić information content (AvgIpc) is 3.29. The Kier molecular flexibility index (Phi) is 3.20. The van der Waals surface area contributed by atoms with Crippen molar-refractivity contribution in [2.75, 3.05) is 12.0 Å². The molecule has 2 fully saturated rings. The van der Waals surface area contributed by atoms with Gasteiger partial charge < -0.3 is 4.74 Å². The highest BCUT2D eigenvalue weighted by atomic mass is 32.1. The van der Waals surface area contributed by atoms with Crippen molar-refractivity contribution in [3.8, 4) is 0 Å². The van der Waals surface area contributed by atoms with Gasteiger partial charge in [0, 0.05) is 4.88 Å². The lowest BCUT2D eigenvalue weighted by atomic mass is 9.85. The van der Waals surface area contributed by atoms with Gasteiger partial charge in [0.1, 0.15) is 5.00 Å². The summed E-state index contributed by atoms with van der Waals surface area (Å²) in [6, 6.07) is 1.73. The van der Waals surface area contributed by atoms with Crippen molar-refractivity contribution in [1.82, 2.24) is 0 Å². The van der Waals surface area contributed by atoms with Crippen LogP contribution in [0.1, 0.15) is 28.6 Å².